The Morgan fingerprint density at radius 3 is 2.12 bits per heavy atom. The van der Waals surface area contributed by atoms with Gasteiger partial charge < -0.3 is 69.8 Å². The van der Waals surface area contributed by atoms with Gasteiger partial charge in [-0.05, 0) is 6.42 Å². The van der Waals surface area contributed by atoms with Crippen LogP contribution in [0.15, 0.2) is 45.6 Å². The van der Waals surface area contributed by atoms with Crippen molar-refractivity contribution >= 4 is 65.2 Å². The zero-order chi connectivity index (χ0) is 56.3. The molecule has 0 aromatic carbocycles. The van der Waals surface area contributed by atoms with Gasteiger partial charge in [0.05, 0.1) is 45.9 Å². The fraction of sp³-hybridized carbons (Fsp3) is 0.588. The normalized spacial score (nSPS) is 30.1. The summed E-state index contributed by atoms with van der Waals surface area (Å²) in [6, 6.07) is 0.904. The number of aromatic nitrogens is 10. The summed E-state index contributed by atoms with van der Waals surface area (Å²) >= 11 is 0. The summed E-state index contributed by atoms with van der Waals surface area (Å²) in [7, 11) is -21.4. The quantitative estimate of drug-likeness (QED) is 0.0265. The molecule has 13 N–H and O–H groups in total. The van der Waals surface area contributed by atoms with E-state index in [0.717, 1.165) is 41.2 Å². The minimum Gasteiger partial charge on any atom is -0.387 e. The highest BCUT2D eigenvalue weighted by Gasteiger charge is 2.58. The number of nitrogen functional groups attached to an aromatic ring is 2. The van der Waals surface area contributed by atoms with Crippen molar-refractivity contribution in [2.24, 2.45) is 13.0 Å². The van der Waals surface area contributed by atoms with Crippen molar-refractivity contribution in [1.29, 1.82) is 0 Å². The molecule has 43 heteroatoms. The van der Waals surface area contributed by atoms with Gasteiger partial charge in [-0.3, -0.25) is 51.6 Å². The zero-order valence-corrected chi connectivity index (χ0v) is 42.7. The van der Waals surface area contributed by atoms with Gasteiger partial charge in [-0.15, -0.1) is 13.2 Å². The van der Waals surface area contributed by atoms with Crippen molar-refractivity contribution in [2.45, 2.75) is 79.9 Å². The van der Waals surface area contributed by atoms with Gasteiger partial charge in [0.25, 0.3) is 17.1 Å². The number of anilines is 2. The van der Waals surface area contributed by atoms with Gasteiger partial charge in [0, 0.05) is 25.3 Å². The fourth-order valence-corrected chi connectivity index (χ4v) is 14.0. The largest absolute Gasteiger partial charge is 0.522 e. The molecule has 36 nitrogen and oxygen atoms in total. The Kier molecular flexibility index (Phi) is 16.7. The number of hydrogen-bond acceptors (Lipinski definition) is 26. The highest BCUT2D eigenvalue weighted by Crippen LogP contribution is 2.68. The van der Waals surface area contributed by atoms with Gasteiger partial charge in [0.1, 0.15) is 54.1 Å². The number of phosphoric acid groups is 3. The summed E-state index contributed by atoms with van der Waals surface area (Å²) in [4.78, 5) is 100.0. The third-order valence-electron chi connectivity index (χ3n) is 12.0. The Balaban J connectivity index is 0.964. The number of H-pyrrole nitrogens is 2. The molecule has 0 amide bonds. The first-order valence-corrected chi connectivity index (χ1v) is 27.9. The molecule has 4 unspecified atom stereocenters. The smallest absolute Gasteiger partial charge is 0.387 e. The van der Waals surface area contributed by atoms with Crippen LogP contribution < -0.4 is 32.8 Å². The van der Waals surface area contributed by atoms with Crippen LogP contribution in [-0.4, -0.2) is 167 Å². The summed E-state index contributed by atoms with van der Waals surface area (Å²) in [5.41, 5.74) is 6.61. The van der Waals surface area contributed by atoms with E-state index in [-0.39, 0.29) is 34.1 Å². The Morgan fingerprint density at radius 1 is 0.818 bits per heavy atom. The minimum absolute atomic E-state index is 0.0000126. The third-order valence-corrected chi connectivity index (χ3v) is 18.2. The Morgan fingerprint density at radius 2 is 1.47 bits per heavy atom. The fourth-order valence-electron chi connectivity index (χ4n) is 8.74. The molecule has 3 fully saturated rings. The monoisotopic (exact) mass is 1190 g/mol. The molecule has 8 heterocycles. The lowest BCUT2D eigenvalue weighted by molar-refractivity contribution is -0.745. The van der Waals surface area contributed by atoms with E-state index in [0.29, 0.717) is 4.57 Å². The summed E-state index contributed by atoms with van der Waals surface area (Å²) in [5, 5.41) is 32.8. The van der Waals surface area contributed by atoms with Crippen molar-refractivity contribution in [3.05, 3.63) is 62.4 Å². The summed E-state index contributed by atoms with van der Waals surface area (Å²) in [6.07, 6.45) is -19.0. The summed E-state index contributed by atoms with van der Waals surface area (Å²) in [6.45, 7) is -4.74. The number of phosphoric ester groups is 2. The molecule has 0 bridgehead atoms. The number of methoxy groups -OCH3 is 1. The molecule has 426 valence electrons. The second-order valence-corrected chi connectivity index (χ2v) is 23.6. The molecule has 3 saturated heterocycles. The standard InChI is InChI=1S/C34H45F3N12O24P4/c1-46-12-49(27-19(46)28(54)45-32(39)44-27)29-20(51)13(4-6-65-34(35,36)37)14(69-29)7-67-75(58,59)72-77(62,63)73-76(60,61)68-9-16-24(23(64-2)31(71-16)48-11-42-18-25(38)40-10-41-26(18)48)74(56,57)66-8-15-21(52)22(53)30(70-15)47-5-3-17(50)43-33(47)55/h3,5,10-16,20-24,29-31,51-53H,4,6-9H2,1-2H3,(H9-,38,39,40,41,43,44,45,50,54,55,56,57,58,59,60,61,62,63)/p+1/t13-,14-,15-,16-,20-,21-,22-,23-,24-,29-,30-,31-/m1/s1. The van der Waals surface area contributed by atoms with Gasteiger partial charge in [-0.25, -0.2) is 38.0 Å². The van der Waals surface area contributed by atoms with Gasteiger partial charge >= 0.3 is 48.8 Å². The molecule has 0 saturated carbocycles. The van der Waals surface area contributed by atoms with Crippen molar-refractivity contribution in [1.82, 2.24) is 43.6 Å². The van der Waals surface area contributed by atoms with Crippen LogP contribution >= 0.6 is 31.1 Å². The van der Waals surface area contributed by atoms with Crippen molar-refractivity contribution in [3.8, 4) is 0 Å². The molecular formula is C34H46F3N12O24P4+. The second kappa shape index (κ2) is 22.0. The van der Waals surface area contributed by atoms with Crippen LogP contribution in [0, 0.1) is 5.92 Å². The number of nitrogens with two attached hydrogens (primary N) is 2. The number of aliphatic hydroxyl groups is 3. The Hall–Kier alpha value is -4.79. The molecule has 5 aromatic heterocycles. The highest BCUT2D eigenvalue weighted by atomic mass is 31.3. The summed E-state index contributed by atoms with van der Waals surface area (Å²) in [5.74, 6) is -1.98. The van der Waals surface area contributed by atoms with Crippen molar-refractivity contribution < 1.29 is 117 Å². The first-order valence-electron chi connectivity index (χ1n) is 21.8. The average molecular weight is 1190 g/mol. The molecular weight excluding hydrogens is 1140 g/mol. The van der Waals surface area contributed by atoms with Crippen LogP contribution in [0.2, 0.25) is 0 Å². The Labute approximate surface area is 425 Å². The predicted molar refractivity (Wildman–Crippen MR) is 241 cm³/mol. The van der Waals surface area contributed by atoms with E-state index in [2.05, 4.69) is 38.3 Å². The van der Waals surface area contributed by atoms with Crippen LogP contribution in [0.4, 0.5) is 24.9 Å². The van der Waals surface area contributed by atoms with Crippen LogP contribution in [0.5, 0.6) is 0 Å². The van der Waals surface area contributed by atoms with E-state index in [1.807, 2.05) is 4.98 Å². The molecule has 5 aromatic rings. The number of hydrogen-bond donors (Lipinski definition) is 11. The first kappa shape index (κ1) is 58.4. The van der Waals surface area contributed by atoms with Gasteiger partial charge in [-0.1, -0.05) is 4.98 Å². The van der Waals surface area contributed by atoms with E-state index in [1.165, 1.54) is 17.9 Å². The number of alkyl halides is 3. The summed E-state index contributed by atoms with van der Waals surface area (Å²) < 4.78 is 147. The molecule has 0 aliphatic carbocycles. The maximum Gasteiger partial charge on any atom is 0.522 e. The van der Waals surface area contributed by atoms with E-state index in [4.69, 9.17) is 44.0 Å². The molecule has 77 heavy (non-hydrogen) atoms. The van der Waals surface area contributed by atoms with E-state index in [9.17, 15) is 80.7 Å². The number of rotatable bonds is 21. The van der Waals surface area contributed by atoms with E-state index < -0.39 is 160 Å². The lowest BCUT2D eigenvalue weighted by Crippen LogP contribution is -2.45. The number of imidazole rings is 2. The molecule has 0 radical (unpaired) electrons. The molecule has 8 rings (SSSR count). The number of aryl methyl sites for hydroxylation is 1. The number of aliphatic hydroxyl groups excluding tert-OH is 3. The van der Waals surface area contributed by atoms with Crippen LogP contribution in [-0.2, 0) is 71.2 Å². The Bertz CT molecular complexity index is 3380. The van der Waals surface area contributed by atoms with Crippen molar-refractivity contribution in [3.63, 3.8) is 0 Å². The molecule has 3 aliphatic rings. The molecule has 3 aliphatic heterocycles. The first-order chi connectivity index (χ1) is 35.9. The van der Waals surface area contributed by atoms with Gasteiger partial charge in [0.15, 0.2) is 30.2 Å². The van der Waals surface area contributed by atoms with Crippen LogP contribution in [0.3, 0.4) is 0 Å². The molecule has 16 atom stereocenters. The maximum atomic E-state index is 14.3. The van der Waals surface area contributed by atoms with Crippen LogP contribution in [0.1, 0.15) is 25.1 Å². The maximum absolute atomic E-state index is 14.3. The number of ether oxygens (including phenoxy) is 5. The third kappa shape index (κ3) is 12.6. The van der Waals surface area contributed by atoms with Gasteiger partial charge in [0.2, 0.25) is 11.7 Å². The number of nitrogens with one attached hydrogen (secondary N) is 2. The van der Waals surface area contributed by atoms with Gasteiger partial charge in [-0.2, -0.15) is 8.62 Å². The van der Waals surface area contributed by atoms with E-state index in [1.54, 1.807) is 0 Å². The lowest BCUT2D eigenvalue weighted by Gasteiger charge is -2.28. The number of fused-ring (bicyclic) bond motifs is 2. The number of aromatic amines is 2. The average Bonchev–Trinajstić information content (AvgIpc) is 4.18. The number of halogens is 3. The SMILES string of the molecule is CO[C@@H]1[C@H](P(=O)(O)OC[C@H]2O[C@@H](n3ccc(=O)[nH]c3=O)[C@H](O)[C@@H]2O)[C@@H](COP(=O)(O)OP(=O)(O)OP(=O)(O)OC[C@H]2O[C@@H]([n+]3cn(C)c4c(=O)[nH]c(N)nc43)[C@H](O)[C@@H]2CCOC(F)(F)F)O[C@H]1n1cnc2c(N)ncnc21. The zero-order valence-electron chi connectivity index (χ0n) is 39.1. The van der Waals surface area contributed by atoms with E-state index >= 15 is 0 Å². The predicted octanol–water partition coefficient (Wildman–Crippen LogP) is -2.63. The minimum atomic E-state index is -6.33. The topological polar surface area (TPSA) is 507 Å². The lowest BCUT2D eigenvalue weighted by atomic mass is 9.95. The second-order valence-electron chi connectivity index (χ2n) is 17.0. The van der Waals surface area contributed by atoms with Crippen LogP contribution in [0.25, 0.3) is 22.3 Å². The van der Waals surface area contributed by atoms with Crippen molar-refractivity contribution in [2.75, 3.05) is 45.0 Å². The number of nitrogens with zero attached hydrogens (tertiary/aromatic N) is 8. The highest BCUT2D eigenvalue weighted by molar-refractivity contribution is 7.66. The molecule has 0 spiro atoms.